The van der Waals surface area contributed by atoms with Crippen molar-refractivity contribution in [3.05, 3.63) is 40.8 Å². The third-order valence-electron chi connectivity index (χ3n) is 4.38. The van der Waals surface area contributed by atoms with E-state index in [4.69, 9.17) is 4.52 Å². The largest absolute Gasteiger partial charge is 0.361 e. The fraction of sp³-hybridized carbons (Fsp3) is 0.529. The highest BCUT2D eigenvalue weighted by molar-refractivity contribution is 5.96. The molecule has 1 amide bonds. The molecule has 0 N–H and O–H groups in total. The van der Waals surface area contributed by atoms with Crippen LogP contribution in [0.1, 0.15) is 58.9 Å². The first-order valence-corrected chi connectivity index (χ1v) is 8.13. The summed E-state index contributed by atoms with van der Waals surface area (Å²) < 4.78 is 5.21. The summed E-state index contributed by atoms with van der Waals surface area (Å²) in [6.45, 7) is 7.16. The van der Waals surface area contributed by atoms with Gasteiger partial charge in [0.25, 0.3) is 5.91 Å². The SMILES string of the molecule is CCc1noc(C)c1C(=O)N1CCC[C@H](c2cncc(C)n2)C1. The Balaban J connectivity index is 1.81. The Morgan fingerprint density at radius 2 is 2.22 bits per heavy atom. The second kappa shape index (κ2) is 6.48. The first kappa shape index (κ1) is 15.6. The number of hydrogen-bond acceptors (Lipinski definition) is 5. The van der Waals surface area contributed by atoms with Gasteiger partial charge < -0.3 is 9.42 Å². The molecule has 3 heterocycles. The number of carbonyl (C=O) groups excluding carboxylic acids is 1. The highest BCUT2D eigenvalue weighted by Crippen LogP contribution is 2.27. The van der Waals surface area contributed by atoms with Crippen LogP contribution in [-0.2, 0) is 6.42 Å². The molecule has 23 heavy (non-hydrogen) atoms. The van der Waals surface area contributed by atoms with Gasteiger partial charge in [0.1, 0.15) is 11.3 Å². The van der Waals surface area contributed by atoms with Crippen LogP contribution in [0.2, 0.25) is 0 Å². The summed E-state index contributed by atoms with van der Waals surface area (Å²) in [4.78, 5) is 23.6. The molecule has 6 heteroatoms. The van der Waals surface area contributed by atoms with E-state index in [0.717, 1.165) is 36.5 Å². The zero-order valence-corrected chi connectivity index (χ0v) is 13.9. The minimum Gasteiger partial charge on any atom is -0.361 e. The van der Waals surface area contributed by atoms with Gasteiger partial charge in [-0.1, -0.05) is 12.1 Å². The van der Waals surface area contributed by atoms with Gasteiger partial charge in [0.15, 0.2) is 0 Å². The molecular weight excluding hydrogens is 292 g/mol. The number of carbonyl (C=O) groups is 1. The third kappa shape index (κ3) is 3.11. The van der Waals surface area contributed by atoms with E-state index in [1.165, 1.54) is 0 Å². The lowest BCUT2D eigenvalue weighted by atomic mass is 9.94. The number of aromatic nitrogens is 3. The molecule has 1 aliphatic heterocycles. The summed E-state index contributed by atoms with van der Waals surface area (Å²) in [5.74, 6) is 0.862. The van der Waals surface area contributed by atoms with Crippen molar-refractivity contribution in [3.8, 4) is 0 Å². The molecule has 6 nitrogen and oxygen atoms in total. The summed E-state index contributed by atoms with van der Waals surface area (Å²) in [6, 6.07) is 0. The molecular formula is C17H22N4O2. The van der Waals surface area contributed by atoms with E-state index in [9.17, 15) is 4.79 Å². The molecule has 1 fully saturated rings. The van der Waals surface area contributed by atoms with E-state index in [2.05, 4.69) is 15.1 Å². The lowest BCUT2D eigenvalue weighted by Crippen LogP contribution is -2.39. The van der Waals surface area contributed by atoms with E-state index in [0.29, 0.717) is 24.3 Å². The lowest BCUT2D eigenvalue weighted by molar-refractivity contribution is 0.0703. The summed E-state index contributed by atoms with van der Waals surface area (Å²) in [5, 5.41) is 3.99. The minimum atomic E-state index is 0.0194. The summed E-state index contributed by atoms with van der Waals surface area (Å²) in [5.41, 5.74) is 3.25. The van der Waals surface area contributed by atoms with Crippen LogP contribution >= 0.6 is 0 Å². The van der Waals surface area contributed by atoms with Gasteiger partial charge >= 0.3 is 0 Å². The van der Waals surface area contributed by atoms with Crippen molar-refractivity contribution in [2.24, 2.45) is 0 Å². The number of rotatable bonds is 3. The van der Waals surface area contributed by atoms with E-state index >= 15 is 0 Å². The predicted octanol–water partition coefficient (Wildman–Crippen LogP) is 2.66. The molecule has 1 aliphatic rings. The van der Waals surface area contributed by atoms with Gasteiger partial charge in [-0.15, -0.1) is 0 Å². The van der Waals surface area contributed by atoms with Crippen molar-refractivity contribution >= 4 is 5.91 Å². The Bertz CT molecular complexity index is 710. The van der Waals surface area contributed by atoms with E-state index in [-0.39, 0.29) is 11.8 Å². The Kier molecular flexibility index (Phi) is 4.41. The molecule has 0 aliphatic carbocycles. The summed E-state index contributed by atoms with van der Waals surface area (Å²) in [6.07, 6.45) is 6.26. The maximum Gasteiger partial charge on any atom is 0.259 e. The van der Waals surface area contributed by atoms with Crippen LogP contribution in [0.3, 0.4) is 0 Å². The molecule has 122 valence electrons. The molecule has 1 atom stereocenters. The molecule has 0 bridgehead atoms. The summed E-state index contributed by atoms with van der Waals surface area (Å²) >= 11 is 0. The molecule has 2 aromatic heterocycles. The maximum atomic E-state index is 12.9. The average molecular weight is 314 g/mol. The average Bonchev–Trinajstić information content (AvgIpc) is 2.95. The Hall–Kier alpha value is -2.24. The number of amides is 1. The minimum absolute atomic E-state index is 0.0194. The van der Waals surface area contributed by atoms with Crippen LogP contribution in [0.15, 0.2) is 16.9 Å². The van der Waals surface area contributed by atoms with Crippen molar-refractivity contribution in [3.63, 3.8) is 0 Å². The van der Waals surface area contributed by atoms with Crippen LogP contribution in [0.4, 0.5) is 0 Å². The predicted molar refractivity (Wildman–Crippen MR) is 85.3 cm³/mol. The maximum absolute atomic E-state index is 12.9. The van der Waals surface area contributed by atoms with Gasteiger partial charge in [0, 0.05) is 31.4 Å². The third-order valence-corrected chi connectivity index (χ3v) is 4.38. The van der Waals surface area contributed by atoms with Crippen LogP contribution in [0.5, 0.6) is 0 Å². The topological polar surface area (TPSA) is 72.1 Å². The number of piperidine rings is 1. The van der Waals surface area contributed by atoms with Crippen molar-refractivity contribution in [1.29, 1.82) is 0 Å². The molecule has 0 unspecified atom stereocenters. The lowest BCUT2D eigenvalue weighted by Gasteiger charge is -2.32. The van der Waals surface area contributed by atoms with Gasteiger partial charge in [0.05, 0.1) is 17.1 Å². The normalized spacial score (nSPS) is 18.2. The number of nitrogens with zero attached hydrogens (tertiary/aromatic N) is 4. The van der Waals surface area contributed by atoms with Gasteiger partial charge in [-0.3, -0.25) is 14.8 Å². The molecule has 0 saturated carbocycles. The number of hydrogen-bond donors (Lipinski definition) is 0. The Morgan fingerprint density at radius 1 is 1.39 bits per heavy atom. The quantitative estimate of drug-likeness (QED) is 0.871. The van der Waals surface area contributed by atoms with Gasteiger partial charge in [-0.05, 0) is 33.1 Å². The first-order valence-electron chi connectivity index (χ1n) is 8.13. The van der Waals surface area contributed by atoms with Crippen LogP contribution in [-0.4, -0.2) is 39.0 Å². The van der Waals surface area contributed by atoms with Crippen molar-refractivity contribution in [1.82, 2.24) is 20.0 Å². The standard InChI is InChI=1S/C17H22N4O2/c1-4-14-16(12(3)23-20-14)17(22)21-7-5-6-13(10-21)15-9-18-8-11(2)19-15/h8-9,13H,4-7,10H2,1-3H3/t13-/m0/s1. The Labute approximate surface area is 135 Å². The van der Waals surface area contributed by atoms with Gasteiger partial charge in [0.2, 0.25) is 0 Å². The first-order chi connectivity index (χ1) is 11.1. The highest BCUT2D eigenvalue weighted by atomic mass is 16.5. The second-order valence-electron chi connectivity index (χ2n) is 6.09. The van der Waals surface area contributed by atoms with Crippen molar-refractivity contribution in [2.45, 2.75) is 46.0 Å². The molecule has 3 rings (SSSR count). The van der Waals surface area contributed by atoms with E-state index in [1.807, 2.05) is 24.9 Å². The number of likely N-dealkylation sites (tertiary alicyclic amines) is 1. The second-order valence-corrected chi connectivity index (χ2v) is 6.09. The van der Waals surface area contributed by atoms with Crippen LogP contribution < -0.4 is 0 Å². The molecule has 0 aromatic carbocycles. The smallest absolute Gasteiger partial charge is 0.259 e. The molecule has 0 spiro atoms. The van der Waals surface area contributed by atoms with Crippen LogP contribution in [0, 0.1) is 13.8 Å². The van der Waals surface area contributed by atoms with E-state index < -0.39 is 0 Å². The fourth-order valence-corrected chi connectivity index (χ4v) is 3.17. The zero-order valence-electron chi connectivity index (χ0n) is 13.9. The monoisotopic (exact) mass is 314 g/mol. The molecule has 1 saturated heterocycles. The zero-order chi connectivity index (χ0) is 16.4. The van der Waals surface area contributed by atoms with Gasteiger partial charge in [-0.25, -0.2) is 0 Å². The highest BCUT2D eigenvalue weighted by Gasteiger charge is 2.30. The number of aryl methyl sites for hydroxylation is 3. The van der Waals surface area contributed by atoms with Crippen LogP contribution in [0.25, 0.3) is 0 Å². The Morgan fingerprint density at radius 3 is 2.96 bits per heavy atom. The summed E-state index contributed by atoms with van der Waals surface area (Å²) in [7, 11) is 0. The fourth-order valence-electron chi connectivity index (χ4n) is 3.17. The van der Waals surface area contributed by atoms with E-state index in [1.54, 1.807) is 13.1 Å². The van der Waals surface area contributed by atoms with Crippen molar-refractivity contribution < 1.29 is 9.32 Å². The van der Waals surface area contributed by atoms with Gasteiger partial charge in [-0.2, -0.15) is 0 Å². The van der Waals surface area contributed by atoms with Crippen molar-refractivity contribution in [2.75, 3.05) is 13.1 Å². The molecule has 0 radical (unpaired) electrons. The molecule has 2 aromatic rings.